The Morgan fingerprint density at radius 1 is 1.17 bits per heavy atom. The Hall–Kier alpha value is -1.51. The number of ether oxygens (including phenoxy) is 1. The van der Waals surface area contributed by atoms with E-state index in [1.165, 1.54) is 5.56 Å². The van der Waals surface area contributed by atoms with Crippen LogP contribution in [0.2, 0.25) is 5.02 Å². The Morgan fingerprint density at radius 3 is 2.72 bits per heavy atom. The molecule has 0 unspecified atom stereocenters. The number of halogens is 1. The summed E-state index contributed by atoms with van der Waals surface area (Å²) in [5, 5.41) is 3.83. The standard InChI is InChI=1S/C15H16ClNO/c1-11-4-3-5-14(8-11)18-15-7-6-13(16)9-12(15)10-17-2/h3-9,17H,10H2,1-2H3. The predicted octanol–water partition coefficient (Wildman–Crippen LogP) is 4.16. The van der Waals surface area contributed by atoms with Gasteiger partial charge in [0.1, 0.15) is 11.5 Å². The minimum absolute atomic E-state index is 0.719. The van der Waals surface area contributed by atoms with Crippen LogP contribution in [-0.4, -0.2) is 7.05 Å². The molecule has 0 aromatic heterocycles. The number of aryl methyl sites for hydroxylation is 1. The lowest BCUT2D eigenvalue weighted by Gasteiger charge is -2.11. The normalized spacial score (nSPS) is 10.4. The molecule has 0 aliphatic rings. The first kappa shape index (κ1) is 12.9. The number of nitrogens with one attached hydrogen (secondary N) is 1. The van der Waals surface area contributed by atoms with Crippen LogP contribution in [0.4, 0.5) is 0 Å². The Labute approximate surface area is 113 Å². The second-order valence-corrected chi connectivity index (χ2v) is 4.64. The molecule has 0 fully saturated rings. The second-order valence-electron chi connectivity index (χ2n) is 4.20. The van der Waals surface area contributed by atoms with Gasteiger partial charge in [-0.1, -0.05) is 23.7 Å². The fourth-order valence-corrected chi connectivity index (χ4v) is 1.98. The van der Waals surface area contributed by atoms with Gasteiger partial charge < -0.3 is 10.1 Å². The van der Waals surface area contributed by atoms with Crippen molar-refractivity contribution in [2.24, 2.45) is 0 Å². The van der Waals surface area contributed by atoms with E-state index in [1.54, 1.807) is 0 Å². The van der Waals surface area contributed by atoms with Gasteiger partial charge in [-0.05, 0) is 49.9 Å². The molecule has 2 nitrogen and oxygen atoms in total. The molecular formula is C15H16ClNO. The lowest BCUT2D eigenvalue weighted by atomic mass is 10.2. The molecule has 1 N–H and O–H groups in total. The summed E-state index contributed by atoms with van der Waals surface area (Å²) < 4.78 is 5.90. The highest BCUT2D eigenvalue weighted by molar-refractivity contribution is 6.30. The molecular weight excluding hydrogens is 246 g/mol. The van der Waals surface area contributed by atoms with E-state index in [4.69, 9.17) is 16.3 Å². The zero-order valence-electron chi connectivity index (χ0n) is 10.5. The fourth-order valence-electron chi connectivity index (χ4n) is 1.78. The Morgan fingerprint density at radius 2 is 2.00 bits per heavy atom. The number of rotatable bonds is 4. The van der Waals surface area contributed by atoms with Crippen LogP contribution in [0.5, 0.6) is 11.5 Å². The SMILES string of the molecule is CNCc1cc(Cl)ccc1Oc1cccc(C)c1. The van der Waals surface area contributed by atoms with Crippen LogP contribution in [0.1, 0.15) is 11.1 Å². The third-order valence-electron chi connectivity index (χ3n) is 2.61. The number of hydrogen-bond donors (Lipinski definition) is 1. The third kappa shape index (κ3) is 3.25. The van der Waals surface area contributed by atoms with Gasteiger partial charge in [0.15, 0.2) is 0 Å². The maximum atomic E-state index is 6.00. The van der Waals surface area contributed by atoms with E-state index in [1.807, 2.05) is 56.4 Å². The van der Waals surface area contributed by atoms with Crippen molar-refractivity contribution in [3.05, 3.63) is 58.6 Å². The van der Waals surface area contributed by atoms with Crippen molar-refractivity contribution in [2.45, 2.75) is 13.5 Å². The van der Waals surface area contributed by atoms with Gasteiger partial charge in [-0.15, -0.1) is 0 Å². The minimum Gasteiger partial charge on any atom is -0.457 e. The number of benzene rings is 2. The lowest BCUT2D eigenvalue weighted by Crippen LogP contribution is -2.06. The summed E-state index contributed by atoms with van der Waals surface area (Å²) in [5.74, 6) is 1.68. The van der Waals surface area contributed by atoms with E-state index in [0.29, 0.717) is 0 Å². The summed E-state index contributed by atoms with van der Waals surface area (Å²) in [6, 6.07) is 13.6. The van der Waals surface area contributed by atoms with E-state index >= 15 is 0 Å². The summed E-state index contributed by atoms with van der Waals surface area (Å²) in [5.41, 5.74) is 2.23. The smallest absolute Gasteiger partial charge is 0.132 e. The largest absolute Gasteiger partial charge is 0.457 e. The molecule has 2 aromatic carbocycles. The Balaban J connectivity index is 2.28. The average molecular weight is 262 g/mol. The van der Waals surface area contributed by atoms with Crippen molar-refractivity contribution in [3.63, 3.8) is 0 Å². The molecule has 0 bridgehead atoms. The first-order chi connectivity index (χ1) is 8.69. The van der Waals surface area contributed by atoms with Crippen LogP contribution in [0.15, 0.2) is 42.5 Å². The van der Waals surface area contributed by atoms with Gasteiger partial charge in [0, 0.05) is 17.1 Å². The second kappa shape index (κ2) is 5.89. The van der Waals surface area contributed by atoms with Crippen LogP contribution in [0, 0.1) is 6.92 Å². The molecule has 0 heterocycles. The van der Waals surface area contributed by atoms with Gasteiger partial charge >= 0.3 is 0 Å². The van der Waals surface area contributed by atoms with Gasteiger partial charge in [-0.3, -0.25) is 0 Å². The van der Waals surface area contributed by atoms with Crippen molar-refractivity contribution in [3.8, 4) is 11.5 Å². The van der Waals surface area contributed by atoms with Gasteiger partial charge in [0.2, 0.25) is 0 Å². The lowest BCUT2D eigenvalue weighted by molar-refractivity contribution is 0.474. The van der Waals surface area contributed by atoms with Gasteiger partial charge in [-0.25, -0.2) is 0 Å². The maximum Gasteiger partial charge on any atom is 0.132 e. The topological polar surface area (TPSA) is 21.3 Å². The van der Waals surface area contributed by atoms with Crippen LogP contribution in [0.3, 0.4) is 0 Å². The van der Waals surface area contributed by atoms with Crippen LogP contribution >= 0.6 is 11.6 Å². The van der Waals surface area contributed by atoms with Gasteiger partial charge in [0.25, 0.3) is 0 Å². The first-order valence-electron chi connectivity index (χ1n) is 5.86. The fraction of sp³-hybridized carbons (Fsp3) is 0.200. The summed E-state index contributed by atoms with van der Waals surface area (Å²) in [6.07, 6.45) is 0. The molecule has 0 saturated carbocycles. The molecule has 94 valence electrons. The molecule has 0 aliphatic carbocycles. The van der Waals surface area contributed by atoms with Crippen molar-refractivity contribution in [1.29, 1.82) is 0 Å². The van der Waals surface area contributed by atoms with Crippen LogP contribution in [-0.2, 0) is 6.54 Å². The maximum absolute atomic E-state index is 6.00. The molecule has 0 saturated heterocycles. The Kier molecular flexibility index (Phi) is 4.24. The molecule has 0 radical (unpaired) electrons. The quantitative estimate of drug-likeness (QED) is 0.892. The highest BCUT2D eigenvalue weighted by Gasteiger charge is 2.05. The van der Waals surface area contributed by atoms with E-state index in [9.17, 15) is 0 Å². The summed E-state index contributed by atoms with van der Waals surface area (Å²) in [7, 11) is 1.90. The van der Waals surface area contributed by atoms with Crippen molar-refractivity contribution in [2.75, 3.05) is 7.05 Å². The molecule has 0 amide bonds. The zero-order valence-corrected chi connectivity index (χ0v) is 11.3. The molecule has 0 aliphatic heterocycles. The molecule has 2 rings (SSSR count). The first-order valence-corrected chi connectivity index (χ1v) is 6.24. The summed E-state index contributed by atoms with van der Waals surface area (Å²) >= 11 is 6.00. The Bertz CT molecular complexity index is 540. The van der Waals surface area contributed by atoms with Crippen molar-refractivity contribution < 1.29 is 4.74 Å². The summed E-state index contributed by atoms with van der Waals surface area (Å²) in [6.45, 7) is 2.77. The van der Waals surface area contributed by atoms with E-state index in [2.05, 4.69) is 5.32 Å². The van der Waals surface area contributed by atoms with E-state index in [0.717, 1.165) is 28.6 Å². The predicted molar refractivity (Wildman–Crippen MR) is 75.5 cm³/mol. The average Bonchev–Trinajstić information content (AvgIpc) is 2.33. The van der Waals surface area contributed by atoms with Crippen molar-refractivity contribution >= 4 is 11.6 Å². The highest BCUT2D eigenvalue weighted by atomic mass is 35.5. The van der Waals surface area contributed by atoms with Gasteiger partial charge in [-0.2, -0.15) is 0 Å². The highest BCUT2D eigenvalue weighted by Crippen LogP contribution is 2.28. The molecule has 0 spiro atoms. The van der Waals surface area contributed by atoms with Crippen molar-refractivity contribution in [1.82, 2.24) is 5.32 Å². The molecule has 3 heteroatoms. The summed E-state index contributed by atoms with van der Waals surface area (Å²) in [4.78, 5) is 0. The van der Waals surface area contributed by atoms with Gasteiger partial charge in [0.05, 0.1) is 0 Å². The number of hydrogen-bond acceptors (Lipinski definition) is 2. The molecule has 18 heavy (non-hydrogen) atoms. The zero-order chi connectivity index (χ0) is 13.0. The van der Waals surface area contributed by atoms with Crippen LogP contribution in [0.25, 0.3) is 0 Å². The molecule has 0 atom stereocenters. The van der Waals surface area contributed by atoms with E-state index in [-0.39, 0.29) is 0 Å². The third-order valence-corrected chi connectivity index (χ3v) is 2.84. The monoisotopic (exact) mass is 261 g/mol. The minimum atomic E-state index is 0.719. The van der Waals surface area contributed by atoms with E-state index < -0.39 is 0 Å². The van der Waals surface area contributed by atoms with Crippen LogP contribution < -0.4 is 10.1 Å². The molecule has 2 aromatic rings.